The molecule has 1 atom stereocenters. The second-order valence-corrected chi connectivity index (χ2v) is 6.89. The van der Waals surface area contributed by atoms with Crippen molar-refractivity contribution < 1.29 is 8.42 Å². The smallest absolute Gasteiger partial charge is 0.314 e. The van der Waals surface area contributed by atoms with Gasteiger partial charge in [0.25, 0.3) is 0 Å². The Labute approximate surface area is 125 Å². The van der Waals surface area contributed by atoms with Gasteiger partial charge in [0.2, 0.25) is 10.0 Å². The molecule has 0 saturated carbocycles. The van der Waals surface area contributed by atoms with E-state index in [1.54, 1.807) is 6.92 Å². The van der Waals surface area contributed by atoms with Gasteiger partial charge in [-0.2, -0.15) is 0 Å². The van der Waals surface area contributed by atoms with Crippen molar-refractivity contribution in [3.63, 3.8) is 0 Å². The predicted molar refractivity (Wildman–Crippen MR) is 82.5 cm³/mol. The van der Waals surface area contributed by atoms with Gasteiger partial charge in [-0.15, -0.1) is 11.6 Å². The van der Waals surface area contributed by atoms with Crippen LogP contribution >= 0.6 is 11.6 Å². The molecule has 7 nitrogen and oxygen atoms in total. The number of nitrogens with one attached hydrogen (secondary N) is 3. The second kappa shape index (κ2) is 5.90. The van der Waals surface area contributed by atoms with Crippen LogP contribution in [0.1, 0.15) is 6.92 Å². The molecule has 9 heteroatoms. The number of rotatable bonds is 5. The van der Waals surface area contributed by atoms with Crippen LogP contribution in [-0.4, -0.2) is 30.0 Å². The lowest BCUT2D eigenvalue weighted by atomic mass is 10.3. The maximum absolute atomic E-state index is 11.9. The summed E-state index contributed by atoms with van der Waals surface area (Å²) in [7, 11) is -3.53. The summed E-state index contributed by atoms with van der Waals surface area (Å²) >= 11 is 5.61. The molecule has 0 bridgehead atoms. The topological polar surface area (TPSA) is 112 Å². The lowest BCUT2D eigenvalue weighted by Gasteiger charge is -2.11. The van der Waals surface area contributed by atoms with Gasteiger partial charge in [0.05, 0.1) is 22.5 Å². The Balaban J connectivity index is 2.33. The Hall–Kier alpha value is -1.80. The van der Waals surface area contributed by atoms with Crippen LogP contribution in [0, 0.1) is 5.92 Å². The fraction of sp³-hybridized carbons (Fsp3) is 0.333. The molecule has 0 aliphatic rings. The van der Waals surface area contributed by atoms with E-state index in [1.807, 2.05) is 0 Å². The molecule has 0 spiro atoms. The Morgan fingerprint density at radius 2 is 1.81 bits per heavy atom. The minimum atomic E-state index is -3.53. The fourth-order valence-electron chi connectivity index (χ4n) is 1.82. The standard InChI is InChI=1S/C12H14ClN3O4S/c1-7(5-13)6-21(19,20)16-8-2-3-9-10(4-8)15-12(18)11(17)14-9/h2-4,7,16H,5-6H2,1H3,(H,14,17)(H,15,18). The summed E-state index contributed by atoms with van der Waals surface area (Å²) in [6.45, 7) is 1.73. The molecule has 0 saturated heterocycles. The van der Waals surface area contributed by atoms with Crippen LogP contribution in [0.25, 0.3) is 11.0 Å². The monoisotopic (exact) mass is 331 g/mol. The third-order valence-electron chi connectivity index (χ3n) is 2.76. The van der Waals surface area contributed by atoms with E-state index in [2.05, 4.69) is 14.7 Å². The molecule has 0 aliphatic carbocycles. The van der Waals surface area contributed by atoms with Crippen molar-refractivity contribution >= 4 is 38.3 Å². The minimum absolute atomic E-state index is 0.101. The number of H-pyrrole nitrogens is 2. The number of halogens is 1. The highest BCUT2D eigenvalue weighted by Gasteiger charge is 2.15. The van der Waals surface area contributed by atoms with Gasteiger partial charge in [0.15, 0.2) is 0 Å². The number of anilines is 1. The summed E-state index contributed by atoms with van der Waals surface area (Å²) < 4.78 is 26.3. The number of aromatic nitrogens is 2. The molecule has 1 aromatic carbocycles. The molecule has 21 heavy (non-hydrogen) atoms. The molecule has 2 aromatic rings. The maximum Gasteiger partial charge on any atom is 0.314 e. The number of hydrogen-bond donors (Lipinski definition) is 3. The Morgan fingerprint density at radius 1 is 1.19 bits per heavy atom. The maximum atomic E-state index is 11.9. The highest BCUT2D eigenvalue weighted by atomic mass is 35.5. The number of benzene rings is 1. The number of sulfonamides is 1. The highest BCUT2D eigenvalue weighted by Crippen LogP contribution is 2.16. The zero-order chi connectivity index (χ0) is 15.6. The summed E-state index contributed by atoms with van der Waals surface area (Å²) in [4.78, 5) is 27.2. The Bertz CT molecular complexity index is 872. The molecule has 0 aliphatic heterocycles. The number of alkyl halides is 1. The van der Waals surface area contributed by atoms with Gasteiger partial charge in [-0.1, -0.05) is 6.92 Å². The van der Waals surface area contributed by atoms with Gasteiger partial charge >= 0.3 is 11.1 Å². The summed E-state index contributed by atoms with van der Waals surface area (Å²) in [5, 5.41) is 0. The largest absolute Gasteiger partial charge is 0.316 e. The summed E-state index contributed by atoms with van der Waals surface area (Å²) in [6, 6.07) is 4.45. The zero-order valence-corrected chi connectivity index (χ0v) is 12.7. The van der Waals surface area contributed by atoms with Crippen LogP contribution in [0.4, 0.5) is 5.69 Å². The Morgan fingerprint density at radius 3 is 2.43 bits per heavy atom. The first-order chi connectivity index (χ1) is 9.80. The van der Waals surface area contributed by atoms with Gasteiger partial charge in [-0.25, -0.2) is 8.42 Å². The van der Waals surface area contributed by atoms with E-state index in [-0.39, 0.29) is 17.6 Å². The van der Waals surface area contributed by atoms with Crippen LogP contribution < -0.4 is 15.8 Å². The van der Waals surface area contributed by atoms with Gasteiger partial charge in [-0.05, 0) is 24.1 Å². The SMILES string of the molecule is CC(CCl)CS(=O)(=O)Nc1ccc2[nH]c(=O)c(=O)[nH]c2c1. The van der Waals surface area contributed by atoms with Crippen molar-refractivity contribution in [2.75, 3.05) is 16.4 Å². The number of aromatic amines is 2. The number of fused-ring (bicyclic) bond motifs is 1. The normalized spacial score (nSPS) is 13.2. The second-order valence-electron chi connectivity index (χ2n) is 4.81. The lowest BCUT2D eigenvalue weighted by molar-refractivity contribution is 0.588. The van der Waals surface area contributed by atoms with Crippen molar-refractivity contribution in [2.45, 2.75) is 6.92 Å². The molecule has 1 unspecified atom stereocenters. The Kier molecular flexibility index (Phi) is 4.38. The quantitative estimate of drug-likeness (QED) is 0.556. The minimum Gasteiger partial charge on any atom is -0.316 e. The van der Waals surface area contributed by atoms with Gasteiger partial charge in [0.1, 0.15) is 0 Å². The molecule has 1 heterocycles. The van der Waals surface area contributed by atoms with Crippen LogP contribution in [0.5, 0.6) is 0 Å². The van der Waals surface area contributed by atoms with Crippen molar-refractivity contribution in [2.24, 2.45) is 5.92 Å². The van der Waals surface area contributed by atoms with Crippen LogP contribution in [0.15, 0.2) is 27.8 Å². The van der Waals surface area contributed by atoms with Crippen molar-refractivity contribution in [3.05, 3.63) is 38.9 Å². The van der Waals surface area contributed by atoms with Crippen molar-refractivity contribution in [1.82, 2.24) is 9.97 Å². The fourth-order valence-corrected chi connectivity index (χ4v) is 3.49. The zero-order valence-electron chi connectivity index (χ0n) is 11.1. The molecule has 0 amide bonds. The van der Waals surface area contributed by atoms with Crippen molar-refractivity contribution in [1.29, 1.82) is 0 Å². The molecule has 1 aromatic heterocycles. The average Bonchev–Trinajstić information content (AvgIpc) is 2.39. The van der Waals surface area contributed by atoms with Crippen LogP contribution in [0.2, 0.25) is 0 Å². The van der Waals surface area contributed by atoms with E-state index < -0.39 is 21.1 Å². The van der Waals surface area contributed by atoms with E-state index in [9.17, 15) is 18.0 Å². The lowest BCUT2D eigenvalue weighted by Crippen LogP contribution is -2.29. The first-order valence-electron chi connectivity index (χ1n) is 6.13. The third-order valence-corrected chi connectivity index (χ3v) is 4.84. The van der Waals surface area contributed by atoms with Crippen LogP contribution in [-0.2, 0) is 10.0 Å². The predicted octanol–water partition coefficient (Wildman–Crippen LogP) is 0.833. The van der Waals surface area contributed by atoms with Crippen LogP contribution in [0.3, 0.4) is 0 Å². The summed E-state index contributed by atoms with van der Waals surface area (Å²) in [5.41, 5.74) is -0.501. The summed E-state index contributed by atoms with van der Waals surface area (Å²) in [5.74, 6) is -0.0371. The molecule has 0 radical (unpaired) electrons. The average molecular weight is 332 g/mol. The highest BCUT2D eigenvalue weighted by molar-refractivity contribution is 7.92. The third kappa shape index (κ3) is 3.85. The molecule has 114 valence electrons. The van der Waals surface area contributed by atoms with E-state index in [0.29, 0.717) is 16.7 Å². The molecule has 3 N–H and O–H groups in total. The first-order valence-corrected chi connectivity index (χ1v) is 8.32. The van der Waals surface area contributed by atoms with Gasteiger partial charge < -0.3 is 9.97 Å². The summed E-state index contributed by atoms with van der Waals surface area (Å²) in [6.07, 6.45) is 0. The molecule has 0 fully saturated rings. The van der Waals surface area contributed by atoms with E-state index in [1.165, 1.54) is 18.2 Å². The van der Waals surface area contributed by atoms with Gasteiger partial charge in [0, 0.05) is 5.88 Å². The molecular formula is C12H14ClN3O4S. The van der Waals surface area contributed by atoms with Gasteiger partial charge in [-0.3, -0.25) is 14.3 Å². The van der Waals surface area contributed by atoms with E-state index in [4.69, 9.17) is 11.6 Å². The first kappa shape index (κ1) is 15.6. The van der Waals surface area contributed by atoms with Crippen molar-refractivity contribution in [3.8, 4) is 0 Å². The van der Waals surface area contributed by atoms with E-state index >= 15 is 0 Å². The van der Waals surface area contributed by atoms with E-state index in [0.717, 1.165) is 0 Å². The number of hydrogen-bond acceptors (Lipinski definition) is 4. The molecule has 2 rings (SSSR count). The molecular weight excluding hydrogens is 318 g/mol.